The highest BCUT2D eigenvalue weighted by atomic mass is 35.5. The van der Waals surface area contributed by atoms with E-state index >= 15 is 0 Å². The second-order valence-electron chi connectivity index (χ2n) is 7.23. The Labute approximate surface area is 166 Å². The zero-order valence-corrected chi connectivity index (χ0v) is 16.9. The molecule has 2 fully saturated rings. The van der Waals surface area contributed by atoms with Crippen molar-refractivity contribution in [1.29, 1.82) is 0 Å². The molecule has 148 valence electrons. The zero-order valence-electron chi connectivity index (χ0n) is 15.3. The SMILES string of the molecule is CNCC1CCN(C(=O)C2CCCN2C2=NS(=O)(=O)c3ccccc32)C1.Cl. The molecule has 1 aromatic rings. The van der Waals surface area contributed by atoms with Crippen LogP contribution in [0, 0.1) is 5.92 Å². The molecule has 27 heavy (non-hydrogen) atoms. The van der Waals surface area contributed by atoms with Gasteiger partial charge in [0.25, 0.3) is 10.0 Å². The van der Waals surface area contributed by atoms with Gasteiger partial charge >= 0.3 is 0 Å². The molecule has 3 aliphatic rings. The number of sulfonamides is 1. The van der Waals surface area contributed by atoms with Crippen molar-refractivity contribution >= 4 is 34.2 Å². The summed E-state index contributed by atoms with van der Waals surface area (Å²) in [6.07, 6.45) is 2.62. The Bertz CT molecular complexity index is 858. The topological polar surface area (TPSA) is 82.1 Å². The molecule has 3 heterocycles. The number of nitrogens with zero attached hydrogens (tertiary/aromatic N) is 3. The first-order valence-corrected chi connectivity index (χ1v) is 10.6. The van der Waals surface area contributed by atoms with E-state index in [1.54, 1.807) is 18.2 Å². The molecule has 0 aromatic heterocycles. The summed E-state index contributed by atoms with van der Waals surface area (Å²) in [7, 11) is -1.73. The van der Waals surface area contributed by atoms with Crippen molar-refractivity contribution in [2.45, 2.75) is 30.2 Å². The first-order valence-electron chi connectivity index (χ1n) is 9.15. The van der Waals surface area contributed by atoms with Gasteiger partial charge in [0, 0.05) is 25.2 Å². The number of fused-ring (bicyclic) bond motifs is 1. The monoisotopic (exact) mass is 412 g/mol. The highest BCUT2D eigenvalue weighted by Crippen LogP contribution is 2.32. The van der Waals surface area contributed by atoms with E-state index in [-0.39, 0.29) is 29.3 Å². The van der Waals surface area contributed by atoms with Gasteiger partial charge in [-0.05, 0) is 50.9 Å². The molecule has 0 spiro atoms. The Morgan fingerprint density at radius 3 is 2.81 bits per heavy atom. The van der Waals surface area contributed by atoms with Gasteiger partial charge in [0.05, 0.1) is 0 Å². The van der Waals surface area contributed by atoms with E-state index in [0.29, 0.717) is 23.9 Å². The Hall–Kier alpha value is -1.64. The van der Waals surface area contributed by atoms with Gasteiger partial charge in [0.2, 0.25) is 5.91 Å². The number of carbonyl (C=O) groups excluding carboxylic acids is 1. The molecule has 4 rings (SSSR count). The predicted octanol–water partition coefficient (Wildman–Crippen LogP) is 1.09. The highest BCUT2D eigenvalue weighted by molar-refractivity contribution is 7.90. The first kappa shape index (κ1) is 20.1. The number of benzene rings is 1. The number of carbonyl (C=O) groups is 1. The lowest BCUT2D eigenvalue weighted by atomic mass is 10.1. The van der Waals surface area contributed by atoms with E-state index in [2.05, 4.69) is 9.71 Å². The highest BCUT2D eigenvalue weighted by Gasteiger charge is 2.41. The molecular weight excluding hydrogens is 388 g/mol. The molecular formula is C18H25ClN4O3S. The third-order valence-corrected chi connectivity index (χ3v) is 6.84. The molecule has 1 amide bonds. The average molecular weight is 413 g/mol. The lowest BCUT2D eigenvalue weighted by Crippen LogP contribution is -2.47. The number of likely N-dealkylation sites (tertiary alicyclic amines) is 2. The molecule has 1 aromatic carbocycles. The third-order valence-electron chi connectivity index (χ3n) is 5.51. The largest absolute Gasteiger partial charge is 0.343 e. The van der Waals surface area contributed by atoms with E-state index in [1.807, 2.05) is 22.9 Å². The third kappa shape index (κ3) is 3.58. The summed E-state index contributed by atoms with van der Waals surface area (Å²) in [5.41, 5.74) is 0.613. The summed E-state index contributed by atoms with van der Waals surface area (Å²) in [5, 5.41) is 3.18. The normalized spacial score (nSPS) is 25.9. The lowest BCUT2D eigenvalue weighted by molar-refractivity contribution is -0.133. The van der Waals surface area contributed by atoms with Gasteiger partial charge in [-0.2, -0.15) is 8.42 Å². The van der Waals surface area contributed by atoms with Gasteiger partial charge in [-0.15, -0.1) is 16.8 Å². The minimum absolute atomic E-state index is 0. The summed E-state index contributed by atoms with van der Waals surface area (Å²) >= 11 is 0. The quantitative estimate of drug-likeness (QED) is 0.803. The summed E-state index contributed by atoms with van der Waals surface area (Å²) < 4.78 is 28.7. The van der Waals surface area contributed by atoms with Crippen LogP contribution in [0.4, 0.5) is 0 Å². The molecule has 0 saturated carbocycles. The summed E-state index contributed by atoms with van der Waals surface area (Å²) in [6.45, 7) is 3.12. The van der Waals surface area contributed by atoms with E-state index < -0.39 is 10.0 Å². The Morgan fingerprint density at radius 1 is 1.26 bits per heavy atom. The van der Waals surface area contributed by atoms with E-state index in [9.17, 15) is 13.2 Å². The molecule has 0 bridgehead atoms. The zero-order chi connectivity index (χ0) is 18.3. The van der Waals surface area contributed by atoms with E-state index in [0.717, 1.165) is 38.9 Å². The van der Waals surface area contributed by atoms with Crippen LogP contribution in [0.3, 0.4) is 0 Å². The Kier molecular flexibility index (Phi) is 5.79. The van der Waals surface area contributed by atoms with Crippen molar-refractivity contribution < 1.29 is 13.2 Å². The number of hydrogen-bond acceptors (Lipinski definition) is 5. The maximum atomic E-state index is 13.1. The predicted molar refractivity (Wildman–Crippen MR) is 106 cm³/mol. The van der Waals surface area contributed by atoms with Gasteiger partial charge < -0.3 is 15.1 Å². The first-order chi connectivity index (χ1) is 12.5. The maximum absolute atomic E-state index is 13.1. The molecule has 0 aliphatic carbocycles. The van der Waals surface area contributed by atoms with Crippen molar-refractivity contribution in [3.63, 3.8) is 0 Å². The van der Waals surface area contributed by atoms with Crippen molar-refractivity contribution in [3.8, 4) is 0 Å². The number of hydrogen-bond donors (Lipinski definition) is 1. The number of rotatable bonds is 3. The average Bonchev–Trinajstić information content (AvgIpc) is 3.33. The smallest absolute Gasteiger partial charge is 0.285 e. The summed E-state index contributed by atoms with van der Waals surface area (Å²) in [6, 6.07) is 6.55. The summed E-state index contributed by atoms with van der Waals surface area (Å²) in [4.78, 5) is 17.2. The van der Waals surface area contributed by atoms with Crippen molar-refractivity contribution in [2.24, 2.45) is 10.3 Å². The number of halogens is 1. The molecule has 2 saturated heterocycles. The van der Waals surface area contributed by atoms with Crippen LogP contribution in [-0.4, -0.2) is 69.2 Å². The summed E-state index contributed by atoms with van der Waals surface area (Å²) in [5.74, 6) is 1.02. The molecule has 2 unspecified atom stereocenters. The van der Waals surface area contributed by atoms with Crippen LogP contribution in [0.5, 0.6) is 0 Å². The molecule has 7 nitrogen and oxygen atoms in total. The minimum Gasteiger partial charge on any atom is -0.343 e. The second-order valence-corrected chi connectivity index (χ2v) is 8.81. The number of nitrogens with one attached hydrogen (secondary N) is 1. The molecule has 0 radical (unpaired) electrons. The molecule has 3 aliphatic heterocycles. The minimum atomic E-state index is -3.66. The van der Waals surface area contributed by atoms with E-state index in [4.69, 9.17) is 0 Å². The fraction of sp³-hybridized carbons (Fsp3) is 0.556. The van der Waals surface area contributed by atoms with Crippen molar-refractivity contribution in [3.05, 3.63) is 29.8 Å². The van der Waals surface area contributed by atoms with E-state index in [1.165, 1.54) is 0 Å². The standard InChI is InChI=1S/C18H24N4O3S.ClH/c1-19-11-13-8-10-21(12-13)18(23)15-6-4-9-22(15)17-14-5-2-3-7-16(14)26(24,25)20-17;/h2-3,5,7,13,15,19H,4,6,8-12H2,1H3;1H. The molecule has 1 N–H and O–H groups in total. The van der Waals surface area contributed by atoms with Crippen LogP contribution >= 0.6 is 12.4 Å². The Morgan fingerprint density at radius 2 is 2.04 bits per heavy atom. The van der Waals surface area contributed by atoms with Crippen LogP contribution in [-0.2, 0) is 14.8 Å². The van der Waals surface area contributed by atoms with Gasteiger partial charge in [0.1, 0.15) is 10.9 Å². The second kappa shape index (κ2) is 7.77. The number of amides is 1. The number of amidine groups is 1. The van der Waals surface area contributed by atoms with Gasteiger partial charge in [-0.3, -0.25) is 4.79 Å². The fourth-order valence-corrected chi connectivity index (χ4v) is 5.49. The van der Waals surface area contributed by atoms with Crippen LogP contribution in [0.1, 0.15) is 24.8 Å². The molecule has 9 heteroatoms. The van der Waals surface area contributed by atoms with Crippen molar-refractivity contribution in [1.82, 2.24) is 15.1 Å². The van der Waals surface area contributed by atoms with Crippen LogP contribution in [0.15, 0.2) is 33.6 Å². The van der Waals surface area contributed by atoms with Gasteiger partial charge in [-0.1, -0.05) is 12.1 Å². The fourth-order valence-electron chi connectivity index (χ4n) is 4.27. The maximum Gasteiger partial charge on any atom is 0.285 e. The van der Waals surface area contributed by atoms with Crippen LogP contribution in [0.25, 0.3) is 0 Å². The van der Waals surface area contributed by atoms with Gasteiger partial charge in [0.15, 0.2) is 5.84 Å². The Balaban J connectivity index is 0.00000210. The van der Waals surface area contributed by atoms with Gasteiger partial charge in [-0.25, -0.2) is 0 Å². The molecule has 2 atom stereocenters. The van der Waals surface area contributed by atoms with Crippen LogP contribution < -0.4 is 5.32 Å². The van der Waals surface area contributed by atoms with Crippen molar-refractivity contribution in [2.75, 3.05) is 33.2 Å². The van der Waals surface area contributed by atoms with Crippen LogP contribution in [0.2, 0.25) is 0 Å². The lowest BCUT2D eigenvalue weighted by Gasteiger charge is -2.29.